The van der Waals surface area contributed by atoms with Crippen LogP contribution in [-0.2, 0) is 86.3 Å². The van der Waals surface area contributed by atoms with E-state index in [1.807, 2.05) is 0 Å². The Hall–Kier alpha value is -9.62. The Labute approximate surface area is 610 Å². The topological polar surface area (TPSA) is 622 Å². The number of likely N-dealkylation sites (tertiary alicyclic amines) is 1. The van der Waals surface area contributed by atoms with E-state index < -0.39 is 266 Å². The molecule has 22 N–H and O–H groups in total. The van der Waals surface area contributed by atoms with Gasteiger partial charge < -0.3 is 106 Å². The minimum Gasteiger partial charge on any atom is -0.481 e. The van der Waals surface area contributed by atoms with Gasteiger partial charge in [0, 0.05) is 25.8 Å². The molecule has 13 amide bonds. The molecule has 0 aromatic heterocycles. The standard InChI is InChI=1S/C67H113N15O23/c1-13-35(11)53(65(102)77-43(30-49(90)91)60(97)78-51(33(7)8)63(100)79-52(34(9)10)66(103)82-27-17-19-44(82)61(98)81-54(36(12)14-2)64(101)74-40(67(104)105)22-25-48(88)89)80-57(94)37(18-15-16-26-68)71-55(92)38(20-23-46(84)85)72-56(93)39(21-24-47(86)87)73-58(95)41(28-31(3)4)75-59(96)42(29-45(69)83)76-62(99)50(70)32(5)6/h31-44,50-54H,13-30,68,70H2,1-12H3,(H2,69,83)(H,71,92)(H,72,93)(H,73,95)(H,74,101)(H,75,96)(H,76,99)(H,77,102)(H,78,97)(H,79,100)(H,80,94)(H,81,98)(H,84,85)(H,86,87)(H,88,89)(H,90,91)(H,104,105)/t35-,36-,37-,38-,39-,40-,41-,42-,43-,44-,50-,51-,52-,53-,54-/m0/s1. The number of primary amides is 1. The Morgan fingerprint density at radius 3 is 1.21 bits per heavy atom. The number of carboxylic acid groups (broad SMARTS) is 5. The second-order valence-corrected chi connectivity index (χ2v) is 27.9. The van der Waals surface area contributed by atoms with E-state index in [0.29, 0.717) is 12.8 Å². The average molecular weight is 1500 g/mol. The summed E-state index contributed by atoms with van der Waals surface area (Å²) in [5, 5.41) is 75.1. The maximum Gasteiger partial charge on any atom is 0.326 e. The van der Waals surface area contributed by atoms with Crippen LogP contribution in [0.1, 0.15) is 186 Å². The highest BCUT2D eigenvalue weighted by molar-refractivity contribution is 6.01. The van der Waals surface area contributed by atoms with Crippen molar-refractivity contribution in [3.05, 3.63) is 0 Å². The lowest BCUT2D eigenvalue weighted by atomic mass is 9.96. The Bertz CT molecular complexity index is 3060. The smallest absolute Gasteiger partial charge is 0.326 e. The van der Waals surface area contributed by atoms with E-state index in [9.17, 15) is 107 Å². The van der Waals surface area contributed by atoms with Crippen LogP contribution in [0.15, 0.2) is 0 Å². The highest BCUT2D eigenvalue weighted by Crippen LogP contribution is 2.23. The van der Waals surface area contributed by atoms with Gasteiger partial charge in [0.25, 0.3) is 0 Å². The van der Waals surface area contributed by atoms with Crippen LogP contribution in [0.3, 0.4) is 0 Å². The van der Waals surface area contributed by atoms with Crippen molar-refractivity contribution in [2.75, 3.05) is 13.1 Å². The van der Waals surface area contributed by atoms with Crippen LogP contribution in [0.4, 0.5) is 0 Å². The number of nitrogens with one attached hydrogen (secondary N) is 11. The molecule has 0 aromatic rings. The largest absolute Gasteiger partial charge is 0.481 e. The number of carboxylic acids is 5. The van der Waals surface area contributed by atoms with Gasteiger partial charge in [-0.1, -0.05) is 95.9 Å². The zero-order valence-electron chi connectivity index (χ0n) is 62.0. The predicted octanol–water partition coefficient (Wildman–Crippen LogP) is -3.10. The first kappa shape index (κ1) is 93.4. The van der Waals surface area contributed by atoms with Crippen molar-refractivity contribution in [2.45, 2.75) is 264 Å². The van der Waals surface area contributed by atoms with E-state index >= 15 is 0 Å². The van der Waals surface area contributed by atoms with Crippen LogP contribution < -0.4 is 75.7 Å². The summed E-state index contributed by atoms with van der Waals surface area (Å²) in [5.41, 5.74) is 17.1. The zero-order chi connectivity index (χ0) is 80.4. The van der Waals surface area contributed by atoms with Gasteiger partial charge in [-0.3, -0.25) is 81.5 Å². The van der Waals surface area contributed by atoms with Crippen LogP contribution in [-0.4, -0.2) is 229 Å². The maximum atomic E-state index is 14.5. The summed E-state index contributed by atoms with van der Waals surface area (Å²) in [7, 11) is 0. The normalized spacial score (nSPS) is 16.8. The highest BCUT2D eigenvalue weighted by Gasteiger charge is 2.43. The third-order valence-electron chi connectivity index (χ3n) is 17.7. The Kier molecular flexibility index (Phi) is 41.1. The molecule has 0 saturated carbocycles. The minimum absolute atomic E-state index is 0.0196. The molecular formula is C67H113N15O23. The molecule has 15 atom stereocenters. The fourth-order valence-electron chi connectivity index (χ4n) is 11.0. The van der Waals surface area contributed by atoms with E-state index in [2.05, 4.69) is 58.5 Å². The van der Waals surface area contributed by atoms with Gasteiger partial charge in [-0.25, -0.2) is 4.79 Å². The van der Waals surface area contributed by atoms with Gasteiger partial charge in [0.05, 0.1) is 18.9 Å². The van der Waals surface area contributed by atoms with Crippen LogP contribution in [0.2, 0.25) is 0 Å². The lowest BCUT2D eigenvalue weighted by molar-refractivity contribution is -0.145. The second-order valence-electron chi connectivity index (χ2n) is 27.9. The molecule has 1 heterocycles. The number of nitrogens with two attached hydrogens (primary N) is 3. The predicted molar refractivity (Wildman–Crippen MR) is 374 cm³/mol. The first-order valence-electron chi connectivity index (χ1n) is 35.4. The van der Waals surface area contributed by atoms with Crippen molar-refractivity contribution in [1.82, 2.24) is 63.4 Å². The molecule has 0 radical (unpaired) electrons. The molecule has 105 heavy (non-hydrogen) atoms. The van der Waals surface area contributed by atoms with E-state index in [-0.39, 0.29) is 57.5 Å². The second kappa shape index (κ2) is 46.3. The Morgan fingerprint density at radius 1 is 0.410 bits per heavy atom. The number of unbranched alkanes of at least 4 members (excludes halogenated alkanes) is 1. The highest BCUT2D eigenvalue weighted by atomic mass is 16.4. The molecule has 1 aliphatic rings. The lowest BCUT2D eigenvalue weighted by Gasteiger charge is -2.33. The number of nitrogens with zero attached hydrogens (tertiary/aromatic N) is 1. The SMILES string of the molecule is CC[C@H](C)[C@H](NC(=O)[C@H](CCCCN)NC(=O)[C@H](CCC(=O)O)NC(=O)[C@H](CCC(=O)O)NC(=O)[C@H](CC(C)C)NC(=O)[C@H](CC(N)=O)NC(=O)[C@@H](N)C(C)C)C(=O)N[C@@H](CC(=O)O)C(=O)N[C@H](C(=O)N[C@H](C(=O)N1CCC[C@H]1C(=O)N[C@H](C(=O)N[C@@H](CCC(=O)O)C(=O)O)[C@@H](C)CC)C(C)C)C(C)C. The van der Waals surface area contributed by atoms with Crippen molar-refractivity contribution in [3.63, 3.8) is 0 Å². The Balaban J connectivity index is 3.65. The van der Waals surface area contributed by atoms with Crippen molar-refractivity contribution >= 4 is 107 Å². The molecule has 38 nitrogen and oxygen atoms in total. The van der Waals surface area contributed by atoms with Gasteiger partial charge in [-0.05, 0) is 99.8 Å². The fourth-order valence-corrected chi connectivity index (χ4v) is 11.0. The third kappa shape index (κ3) is 32.9. The van der Waals surface area contributed by atoms with Crippen molar-refractivity contribution in [3.8, 4) is 0 Å². The van der Waals surface area contributed by atoms with Gasteiger partial charge in [-0.15, -0.1) is 0 Å². The number of carbonyl (C=O) groups excluding carboxylic acids is 13. The lowest BCUT2D eigenvalue weighted by Crippen LogP contribution is -2.62. The molecule has 0 spiro atoms. The van der Waals surface area contributed by atoms with E-state index in [1.54, 1.807) is 62.3 Å². The summed E-state index contributed by atoms with van der Waals surface area (Å²) in [6.07, 6.45) is -4.81. The van der Waals surface area contributed by atoms with Crippen LogP contribution >= 0.6 is 0 Å². The van der Waals surface area contributed by atoms with E-state index in [4.69, 9.17) is 22.3 Å². The van der Waals surface area contributed by atoms with Crippen LogP contribution in [0, 0.1) is 35.5 Å². The van der Waals surface area contributed by atoms with Gasteiger partial charge in [0.2, 0.25) is 76.8 Å². The summed E-state index contributed by atoms with van der Waals surface area (Å²) in [6.45, 7) is 19.3. The molecule has 0 bridgehead atoms. The molecule has 0 aromatic carbocycles. The zero-order valence-corrected chi connectivity index (χ0v) is 62.0. The number of carbonyl (C=O) groups is 18. The summed E-state index contributed by atoms with van der Waals surface area (Å²) in [4.78, 5) is 241. The Morgan fingerprint density at radius 2 is 0.781 bits per heavy atom. The average Bonchev–Trinajstić information content (AvgIpc) is 1.76. The summed E-state index contributed by atoms with van der Waals surface area (Å²) in [5.74, 6) is -24.1. The number of aliphatic carboxylic acids is 5. The van der Waals surface area contributed by atoms with Gasteiger partial charge in [-0.2, -0.15) is 0 Å². The molecule has 594 valence electrons. The molecule has 0 unspecified atom stereocenters. The monoisotopic (exact) mass is 1500 g/mol. The number of hydrogen-bond acceptors (Lipinski definition) is 20. The van der Waals surface area contributed by atoms with E-state index in [1.165, 1.54) is 25.7 Å². The van der Waals surface area contributed by atoms with Crippen molar-refractivity contribution in [2.24, 2.45) is 52.7 Å². The van der Waals surface area contributed by atoms with Gasteiger partial charge in [0.15, 0.2) is 0 Å². The molecule has 1 fully saturated rings. The maximum absolute atomic E-state index is 14.5. The van der Waals surface area contributed by atoms with Gasteiger partial charge >= 0.3 is 29.8 Å². The van der Waals surface area contributed by atoms with Crippen molar-refractivity contribution < 1.29 is 112 Å². The summed E-state index contributed by atoms with van der Waals surface area (Å²) in [6, 6.07) is -20.1. The quantitative estimate of drug-likeness (QED) is 0.0268. The number of amides is 13. The molecular weight excluding hydrogens is 1380 g/mol. The number of rotatable bonds is 50. The molecule has 1 saturated heterocycles. The summed E-state index contributed by atoms with van der Waals surface area (Å²) < 4.78 is 0. The third-order valence-corrected chi connectivity index (χ3v) is 17.7. The summed E-state index contributed by atoms with van der Waals surface area (Å²) >= 11 is 0. The number of hydrogen-bond donors (Lipinski definition) is 19. The van der Waals surface area contributed by atoms with E-state index in [0.717, 1.165) is 0 Å². The van der Waals surface area contributed by atoms with Crippen LogP contribution in [0.5, 0.6) is 0 Å². The first-order chi connectivity index (χ1) is 48.9. The minimum atomic E-state index is -1.96. The molecule has 1 aliphatic heterocycles. The molecule has 0 aliphatic carbocycles. The fraction of sp³-hybridized carbons (Fsp3) is 0.731. The van der Waals surface area contributed by atoms with Crippen LogP contribution in [0.25, 0.3) is 0 Å². The first-order valence-corrected chi connectivity index (χ1v) is 35.4. The molecule has 1 rings (SSSR count). The molecule has 38 heteroatoms. The van der Waals surface area contributed by atoms with Gasteiger partial charge in [0.1, 0.15) is 72.5 Å². The van der Waals surface area contributed by atoms with Crippen molar-refractivity contribution in [1.29, 1.82) is 0 Å².